The number of nitrogens with zero attached hydrogens (tertiary/aromatic N) is 3. The van der Waals surface area contributed by atoms with Gasteiger partial charge in [-0.05, 0) is 80.4 Å². The number of aryl methyl sites for hydroxylation is 3. The van der Waals surface area contributed by atoms with Crippen LogP contribution in [0.1, 0.15) is 27.4 Å². The summed E-state index contributed by atoms with van der Waals surface area (Å²) in [5.74, 6) is -0.292. The van der Waals surface area contributed by atoms with Crippen molar-refractivity contribution in [3.05, 3.63) is 74.8 Å². The molecule has 0 N–H and O–H groups in total. The van der Waals surface area contributed by atoms with Gasteiger partial charge in [0.1, 0.15) is 16.0 Å². The monoisotopic (exact) mass is 397 g/mol. The van der Waals surface area contributed by atoms with Crippen LogP contribution < -0.4 is 0 Å². The molecule has 136 valence electrons. The van der Waals surface area contributed by atoms with Gasteiger partial charge in [-0.3, -0.25) is 0 Å². The molecular weight excluding hydrogens is 381 g/mol. The molecule has 3 nitrogen and oxygen atoms in total. The summed E-state index contributed by atoms with van der Waals surface area (Å²) in [5, 5.41) is 5.89. The average Bonchev–Trinajstić information content (AvgIpc) is 3.14. The Morgan fingerprint density at radius 1 is 1.04 bits per heavy atom. The molecule has 0 aliphatic carbocycles. The molecule has 0 fully saturated rings. The molecule has 6 heteroatoms. The molecule has 0 saturated carbocycles. The summed E-state index contributed by atoms with van der Waals surface area (Å²) in [6.45, 7) is 6.10. The van der Waals surface area contributed by atoms with Crippen molar-refractivity contribution in [3.8, 4) is 5.69 Å². The average molecular weight is 398 g/mol. The Labute approximate surface area is 165 Å². The van der Waals surface area contributed by atoms with E-state index in [-0.39, 0.29) is 5.82 Å². The van der Waals surface area contributed by atoms with Gasteiger partial charge in [-0.1, -0.05) is 11.6 Å². The van der Waals surface area contributed by atoms with Crippen molar-refractivity contribution in [2.75, 3.05) is 0 Å². The van der Waals surface area contributed by atoms with Gasteiger partial charge in [-0.15, -0.1) is 11.3 Å². The predicted molar refractivity (Wildman–Crippen MR) is 111 cm³/mol. The van der Waals surface area contributed by atoms with Crippen molar-refractivity contribution < 1.29 is 4.39 Å². The van der Waals surface area contributed by atoms with Crippen LogP contribution in [0.25, 0.3) is 28.1 Å². The van der Waals surface area contributed by atoms with Gasteiger partial charge in [-0.2, -0.15) is 5.10 Å². The second kappa shape index (κ2) is 6.91. The van der Waals surface area contributed by atoms with Crippen LogP contribution in [0, 0.1) is 26.6 Å². The van der Waals surface area contributed by atoms with Crippen molar-refractivity contribution in [3.63, 3.8) is 0 Å². The summed E-state index contributed by atoms with van der Waals surface area (Å²) in [6, 6.07) is 10.4. The minimum absolute atomic E-state index is 0.292. The topological polar surface area (TPSA) is 30.7 Å². The van der Waals surface area contributed by atoms with Crippen molar-refractivity contribution in [1.29, 1.82) is 0 Å². The van der Waals surface area contributed by atoms with E-state index >= 15 is 0 Å². The van der Waals surface area contributed by atoms with Gasteiger partial charge >= 0.3 is 0 Å². The van der Waals surface area contributed by atoms with Gasteiger partial charge in [0.05, 0.1) is 21.6 Å². The van der Waals surface area contributed by atoms with E-state index in [0.29, 0.717) is 5.15 Å². The highest BCUT2D eigenvalue weighted by molar-refractivity contribution is 7.19. The molecule has 27 heavy (non-hydrogen) atoms. The number of hydrogen-bond donors (Lipinski definition) is 0. The Bertz CT molecular complexity index is 1130. The quantitative estimate of drug-likeness (QED) is 0.402. The Morgan fingerprint density at radius 2 is 1.74 bits per heavy atom. The first-order valence-electron chi connectivity index (χ1n) is 8.49. The predicted octanol–water partition coefficient (Wildman–Crippen LogP) is 6.37. The maximum Gasteiger partial charge on any atom is 0.140 e. The zero-order chi connectivity index (χ0) is 19.1. The summed E-state index contributed by atoms with van der Waals surface area (Å²) in [6.07, 6.45) is 3.89. The number of aromatic nitrogens is 3. The zero-order valence-corrected chi connectivity index (χ0v) is 16.7. The van der Waals surface area contributed by atoms with Crippen molar-refractivity contribution in [1.82, 2.24) is 14.8 Å². The van der Waals surface area contributed by atoms with E-state index in [1.165, 1.54) is 28.0 Å². The number of fused-ring (bicyclic) bond motifs is 1. The molecule has 2 aromatic heterocycles. The molecule has 4 aromatic rings. The largest absolute Gasteiger partial charge is 0.237 e. The maximum atomic E-state index is 13.2. The zero-order valence-electron chi connectivity index (χ0n) is 15.1. The molecule has 0 amide bonds. The van der Waals surface area contributed by atoms with E-state index in [1.807, 2.05) is 19.1 Å². The lowest BCUT2D eigenvalue weighted by molar-refractivity contribution is 0.627. The number of rotatable bonds is 3. The molecule has 4 rings (SSSR count). The van der Waals surface area contributed by atoms with E-state index in [1.54, 1.807) is 28.2 Å². The smallest absolute Gasteiger partial charge is 0.140 e. The Hall–Kier alpha value is -2.50. The first-order valence-corrected chi connectivity index (χ1v) is 9.69. The maximum absolute atomic E-state index is 13.2. The Balaban J connectivity index is 1.69. The fourth-order valence-corrected chi connectivity index (χ4v) is 4.16. The van der Waals surface area contributed by atoms with Crippen LogP contribution >= 0.6 is 22.9 Å². The van der Waals surface area contributed by atoms with Gasteiger partial charge in [-0.25, -0.2) is 14.1 Å². The second-order valence-corrected chi connectivity index (χ2v) is 7.89. The van der Waals surface area contributed by atoms with Gasteiger partial charge in [0, 0.05) is 5.56 Å². The standard InChI is InChI=1S/C21H17ClFN3S/c1-12-10-18-19(11-13(12)2)27-20(24-18)9-8-17-14(3)25-26(21(17)22)16-6-4-15(23)5-7-16/h4-11H,1-3H3/b9-8+. The van der Waals surface area contributed by atoms with E-state index in [2.05, 4.69) is 36.1 Å². The lowest BCUT2D eigenvalue weighted by Crippen LogP contribution is -1.96. The fourth-order valence-electron chi connectivity index (χ4n) is 2.88. The first-order chi connectivity index (χ1) is 12.9. The van der Waals surface area contributed by atoms with Crippen LogP contribution in [0.4, 0.5) is 4.39 Å². The SMILES string of the molecule is Cc1cc2nc(/C=C/c3c(C)nn(-c4ccc(F)cc4)c3Cl)sc2cc1C. The third-order valence-corrected chi connectivity index (χ3v) is 5.88. The number of halogens is 2. The van der Waals surface area contributed by atoms with Gasteiger partial charge in [0.25, 0.3) is 0 Å². The van der Waals surface area contributed by atoms with Crippen LogP contribution in [0.15, 0.2) is 36.4 Å². The van der Waals surface area contributed by atoms with E-state index in [0.717, 1.165) is 27.5 Å². The second-order valence-electron chi connectivity index (χ2n) is 6.47. The Kier molecular flexibility index (Phi) is 4.58. The van der Waals surface area contributed by atoms with Crippen molar-refractivity contribution in [2.45, 2.75) is 20.8 Å². The molecule has 0 radical (unpaired) electrons. The highest BCUT2D eigenvalue weighted by Crippen LogP contribution is 2.29. The third kappa shape index (κ3) is 3.40. The summed E-state index contributed by atoms with van der Waals surface area (Å²) in [7, 11) is 0. The number of thiazole rings is 1. The van der Waals surface area contributed by atoms with Crippen molar-refractivity contribution >= 4 is 45.3 Å². The van der Waals surface area contributed by atoms with E-state index < -0.39 is 0 Å². The number of hydrogen-bond acceptors (Lipinski definition) is 3. The van der Waals surface area contributed by atoms with E-state index in [9.17, 15) is 4.39 Å². The molecule has 0 aliphatic rings. The van der Waals surface area contributed by atoms with E-state index in [4.69, 9.17) is 11.6 Å². The molecule has 0 aliphatic heterocycles. The number of benzene rings is 2. The van der Waals surface area contributed by atoms with Crippen LogP contribution in [-0.4, -0.2) is 14.8 Å². The van der Waals surface area contributed by atoms with Gasteiger partial charge < -0.3 is 0 Å². The summed E-state index contributed by atoms with van der Waals surface area (Å²) >= 11 is 8.17. The van der Waals surface area contributed by atoms with Crippen LogP contribution in [0.5, 0.6) is 0 Å². The molecule has 0 atom stereocenters. The summed E-state index contributed by atoms with van der Waals surface area (Å²) < 4.78 is 15.9. The van der Waals surface area contributed by atoms with Crippen LogP contribution in [-0.2, 0) is 0 Å². The molecule has 0 unspecified atom stereocenters. The highest BCUT2D eigenvalue weighted by atomic mass is 35.5. The molecule has 0 bridgehead atoms. The van der Waals surface area contributed by atoms with Gasteiger partial charge in [0.15, 0.2) is 0 Å². The molecule has 0 spiro atoms. The molecular formula is C21H17ClFN3S. The summed E-state index contributed by atoms with van der Waals surface area (Å²) in [5.41, 5.74) is 5.85. The Morgan fingerprint density at radius 3 is 2.48 bits per heavy atom. The minimum atomic E-state index is -0.292. The van der Waals surface area contributed by atoms with Crippen LogP contribution in [0.3, 0.4) is 0 Å². The highest BCUT2D eigenvalue weighted by Gasteiger charge is 2.13. The normalized spacial score (nSPS) is 11.7. The molecule has 2 heterocycles. The fraction of sp³-hybridized carbons (Fsp3) is 0.143. The minimum Gasteiger partial charge on any atom is -0.237 e. The van der Waals surface area contributed by atoms with Crippen molar-refractivity contribution in [2.24, 2.45) is 0 Å². The summed E-state index contributed by atoms with van der Waals surface area (Å²) in [4.78, 5) is 4.68. The lowest BCUT2D eigenvalue weighted by Gasteiger charge is -2.02. The van der Waals surface area contributed by atoms with Gasteiger partial charge in [0.2, 0.25) is 0 Å². The molecule has 2 aromatic carbocycles. The third-order valence-electron chi connectivity index (χ3n) is 4.53. The van der Waals surface area contributed by atoms with Crippen LogP contribution in [0.2, 0.25) is 5.15 Å². The lowest BCUT2D eigenvalue weighted by atomic mass is 10.1. The molecule has 0 saturated heterocycles. The first kappa shape index (κ1) is 17.9.